The number of nitrogens with two attached hydrogens (primary N) is 1. The van der Waals surface area contributed by atoms with E-state index in [0.29, 0.717) is 6.54 Å². The van der Waals surface area contributed by atoms with Crippen LogP contribution in [0, 0.1) is 0 Å². The molecule has 0 radical (unpaired) electrons. The first-order chi connectivity index (χ1) is 8.70. The Morgan fingerprint density at radius 3 is 2.67 bits per heavy atom. The normalized spacial score (nSPS) is 20.9. The molecule has 0 spiro atoms. The molecule has 4 nitrogen and oxygen atoms in total. The van der Waals surface area contributed by atoms with Crippen molar-refractivity contribution in [2.75, 3.05) is 51.8 Å². The molecule has 100 valence electrons. The Labute approximate surface area is 109 Å². The van der Waals surface area contributed by atoms with Gasteiger partial charge in [0.05, 0.1) is 12.7 Å². The maximum absolute atomic E-state index is 5.84. The molecular formula is C14H23N3O. The van der Waals surface area contributed by atoms with Gasteiger partial charge in [0.15, 0.2) is 0 Å². The maximum Gasteiger partial charge on any atom is 0.0952 e. The second-order valence-corrected chi connectivity index (χ2v) is 4.93. The summed E-state index contributed by atoms with van der Waals surface area (Å²) in [5.41, 5.74) is 8.08. The zero-order chi connectivity index (χ0) is 13.0. The fourth-order valence-electron chi connectivity index (χ4n) is 2.28. The highest BCUT2D eigenvalue weighted by atomic mass is 16.5. The van der Waals surface area contributed by atoms with Crippen LogP contribution in [0.4, 0.5) is 5.69 Å². The van der Waals surface area contributed by atoms with E-state index in [-0.39, 0.29) is 6.10 Å². The molecule has 1 aromatic rings. The number of hydrogen-bond acceptors (Lipinski definition) is 4. The van der Waals surface area contributed by atoms with Crippen LogP contribution < -0.4 is 10.6 Å². The van der Waals surface area contributed by atoms with Crippen molar-refractivity contribution in [2.45, 2.75) is 6.10 Å². The predicted octanol–water partition coefficient (Wildman–Crippen LogP) is 1.08. The molecule has 0 amide bonds. The van der Waals surface area contributed by atoms with Gasteiger partial charge in [-0.1, -0.05) is 12.1 Å². The number of morpholine rings is 1. The van der Waals surface area contributed by atoms with Gasteiger partial charge < -0.3 is 15.4 Å². The van der Waals surface area contributed by atoms with Crippen LogP contribution in [0.5, 0.6) is 0 Å². The summed E-state index contributed by atoms with van der Waals surface area (Å²) < 4.78 is 5.84. The Morgan fingerprint density at radius 1 is 1.33 bits per heavy atom. The summed E-state index contributed by atoms with van der Waals surface area (Å²) in [5, 5.41) is 0. The fraction of sp³-hybridized carbons (Fsp3) is 0.571. The molecule has 1 fully saturated rings. The highest BCUT2D eigenvalue weighted by Gasteiger charge is 2.21. The smallest absolute Gasteiger partial charge is 0.0952 e. The number of benzene rings is 1. The number of hydrogen-bond donors (Lipinski definition) is 1. The summed E-state index contributed by atoms with van der Waals surface area (Å²) >= 11 is 0. The second-order valence-electron chi connectivity index (χ2n) is 4.93. The highest BCUT2D eigenvalue weighted by Crippen LogP contribution is 2.24. The number of anilines is 1. The second kappa shape index (κ2) is 6.18. The van der Waals surface area contributed by atoms with Crippen molar-refractivity contribution in [3.63, 3.8) is 0 Å². The van der Waals surface area contributed by atoms with Gasteiger partial charge in [-0.2, -0.15) is 0 Å². The molecule has 1 atom stereocenters. The minimum Gasteiger partial charge on any atom is -0.378 e. The third-order valence-corrected chi connectivity index (χ3v) is 3.38. The van der Waals surface area contributed by atoms with Gasteiger partial charge in [-0.15, -0.1) is 0 Å². The molecule has 0 saturated carbocycles. The van der Waals surface area contributed by atoms with Crippen LogP contribution in [0.15, 0.2) is 24.3 Å². The van der Waals surface area contributed by atoms with Crippen LogP contribution in [0.1, 0.15) is 11.7 Å². The molecule has 2 N–H and O–H groups in total. The molecule has 1 saturated heterocycles. The van der Waals surface area contributed by atoms with E-state index in [0.717, 1.165) is 26.2 Å². The van der Waals surface area contributed by atoms with E-state index >= 15 is 0 Å². The van der Waals surface area contributed by atoms with Crippen molar-refractivity contribution in [2.24, 2.45) is 5.73 Å². The van der Waals surface area contributed by atoms with E-state index in [4.69, 9.17) is 10.5 Å². The summed E-state index contributed by atoms with van der Waals surface area (Å²) in [7, 11) is 4.10. The van der Waals surface area contributed by atoms with Gasteiger partial charge in [-0.25, -0.2) is 0 Å². The van der Waals surface area contributed by atoms with Crippen LogP contribution in [-0.4, -0.2) is 51.8 Å². The first-order valence-corrected chi connectivity index (χ1v) is 6.52. The van der Waals surface area contributed by atoms with E-state index in [9.17, 15) is 0 Å². The lowest BCUT2D eigenvalue weighted by atomic mass is 10.1. The summed E-state index contributed by atoms with van der Waals surface area (Å²) in [5.74, 6) is 0. The van der Waals surface area contributed by atoms with E-state index in [1.54, 1.807) is 0 Å². The van der Waals surface area contributed by atoms with Crippen molar-refractivity contribution >= 4 is 5.69 Å². The third-order valence-electron chi connectivity index (χ3n) is 3.38. The monoisotopic (exact) mass is 249 g/mol. The molecule has 1 unspecified atom stereocenters. The summed E-state index contributed by atoms with van der Waals surface area (Å²) in [6, 6.07) is 8.60. The molecule has 18 heavy (non-hydrogen) atoms. The first kappa shape index (κ1) is 13.3. The van der Waals surface area contributed by atoms with Crippen LogP contribution >= 0.6 is 0 Å². The van der Waals surface area contributed by atoms with Crippen LogP contribution in [-0.2, 0) is 4.74 Å². The van der Waals surface area contributed by atoms with Crippen LogP contribution in [0.2, 0.25) is 0 Å². The lowest BCUT2D eigenvalue weighted by Gasteiger charge is -2.33. The summed E-state index contributed by atoms with van der Waals surface area (Å²) in [6.07, 6.45) is 0.182. The summed E-state index contributed by atoms with van der Waals surface area (Å²) in [4.78, 5) is 4.47. The predicted molar refractivity (Wildman–Crippen MR) is 75.0 cm³/mol. The maximum atomic E-state index is 5.84. The Bertz CT molecular complexity index is 362. The molecule has 2 rings (SSSR count). The molecule has 4 heteroatoms. The number of nitrogens with zero attached hydrogens (tertiary/aromatic N) is 2. The zero-order valence-corrected chi connectivity index (χ0v) is 11.3. The van der Waals surface area contributed by atoms with Crippen molar-refractivity contribution in [1.29, 1.82) is 0 Å². The zero-order valence-electron chi connectivity index (χ0n) is 11.3. The first-order valence-electron chi connectivity index (χ1n) is 6.52. The van der Waals surface area contributed by atoms with E-state index in [1.165, 1.54) is 11.3 Å². The van der Waals surface area contributed by atoms with Gasteiger partial charge in [-0.05, 0) is 17.7 Å². The van der Waals surface area contributed by atoms with E-state index in [2.05, 4.69) is 48.2 Å². The molecule has 1 heterocycles. The molecule has 1 aliphatic rings. The fourth-order valence-corrected chi connectivity index (χ4v) is 2.28. The largest absolute Gasteiger partial charge is 0.378 e. The molecular weight excluding hydrogens is 226 g/mol. The van der Waals surface area contributed by atoms with Crippen molar-refractivity contribution in [3.8, 4) is 0 Å². The van der Waals surface area contributed by atoms with Gasteiger partial charge in [0.1, 0.15) is 0 Å². The average molecular weight is 249 g/mol. The van der Waals surface area contributed by atoms with Crippen LogP contribution in [0.25, 0.3) is 0 Å². The quantitative estimate of drug-likeness (QED) is 0.867. The average Bonchev–Trinajstić information content (AvgIpc) is 2.39. The Hall–Kier alpha value is -1.10. The minimum atomic E-state index is 0.182. The third kappa shape index (κ3) is 3.22. The van der Waals surface area contributed by atoms with Crippen molar-refractivity contribution < 1.29 is 4.74 Å². The van der Waals surface area contributed by atoms with Gasteiger partial charge >= 0.3 is 0 Å². The topological polar surface area (TPSA) is 41.7 Å². The molecule has 0 aliphatic carbocycles. The Kier molecular flexibility index (Phi) is 4.58. The molecule has 0 bridgehead atoms. The van der Waals surface area contributed by atoms with E-state index in [1.807, 2.05) is 0 Å². The molecule has 0 aromatic heterocycles. The molecule has 1 aliphatic heterocycles. The van der Waals surface area contributed by atoms with Gasteiger partial charge in [0.2, 0.25) is 0 Å². The van der Waals surface area contributed by atoms with Gasteiger partial charge in [0.25, 0.3) is 0 Å². The SMILES string of the molecule is CN(C)c1ccc(C2CN(CCN)CCO2)cc1. The van der Waals surface area contributed by atoms with Gasteiger partial charge in [-0.3, -0.25) is 4.90 Å². The van der Waals surface area contributed by atoms with Gasteiger partial charge in [0, 0.05) is 46.0 Å². The van der Waals surface area contributed by atoms with E-state index < -0.39 is 0 Å². The summed E-state index contributed by atoms with van der Waals surface area (Å²) in [6.45, 7) is 4.39. The lowest BCUT2D eigenvalue weighted by Crippen LogP contribution is -2.40. The molecule has 1 aromatic carbocycles. The highest BCUT2D eigenvalue weighted by molar-refractivity contribution is 5.46. The van der Waals surface area contributed by atoms with Crippen LogP contribution in [0.3, 0.4) is 0 Å². The van der Waals surface area contributed by atoms with Crippen molar-refractivity contribution in [3.05, 3.63) is 29.8 Å². The Morgan fingerprint density at radius 2 is 2.06 bits per heavy atom. The van der Waals surface area contributed by atoms with Crippen molar-refractivity contribution in [1.82, 2.24) is 4.90 Å². The standard InChI is InChI=1S/C14H23N3O/c1-16(2)13-5-3-12(4-6-13)14-11-17(8-7-15)9-10-18-14/h3-6,14H,7-11,15H2,1-2H3. The lowest BCUT2D eigenvalue weighted by molar-refractivity contribution is -0.0288. The number of ether oxygens (including phenoxy) is 1. The minimum absolute atomic E-state index is 0.182. The Balaban J connectivity index is 2.02. The number of rotatable bonds is 4.